The Hall–Kier alpha value is -4.44. The van der Waals surface area contributed by atoms with E-state index in [2.05, 4.69) is 112 Å². The van der Waals surface area contributed by atoms with Crippen molar-refractivity contribution in [1.29, 1.82) is 0 Å². The first kappa shape index (κ1) is 26.2. The van der Waals surface area contributed by atoms with Crippen molar-refractivity contribution in [2.75, 3.05) is 26.4 Å². The number of aryl methyl sites for hydroxylation is 2. The van der Waals surface area contributed by atoms with Gasteiger partial charge in [-0.1, -0.05) is 73.8 Å². The molecule has 0 unspecified atom stereocenters. The molecule has 4 nitrogen and oxygen atoms in total. The first-order valence-corrected chi connectivity index (χ1v) is 13.2. The first-order valence-electron chi connectivity index (χ1n) is 13.2. The predicted octanol–water partition coefficient (Wildman–Crippen LogP) is 7.74. The fourth-order valence-electron chi connectivity index (χ4n) is 5.84. The summed E-state index contributed by atoms with van der Waals surface area (Å²) in [5.41, 5.74) is 9.35. The Labute approximate surface area is 231 Å². The number of hydrogen-bond donors (Lipinski definition) is 0. The fraction of sp³-hybridized carbons (Fsp3) is 0.200. The van der Waals surface area contributed by atoms with Gasteiger partial charge < -0.3 is 18.9 Å². The van der Waals surface area contributed by atoms with Gasteiger partial charge in [-0.3, -0.25) is 0 Å². The number of fused-ring (bicyclic) bond motifs is 3. The van der Waals surface area contributed by atoms with Gasteiger partial charge in [0, 0.05) is 0 Å². The molecule has 5 rings (SSSR count). The zero-order chi connectivity index (χ0) is 27.2. The van der Waals surface area contributed by atoms with Crippen molar-refractivity contribution in [2.45, 2.75) is 19.3 Å². The summed E-state index contributed by atoms with van der Waals surface area (Å²) in [6.45, 7) is 13.3. The van der Waals surface area contributed by atoms with Crippen LogP contribution in [-0.2, 0) is 14.9 Å². The second-order valence-corrected chi connectivity index (χ2v) is 9.57. The van der Waals surface area contributed by atoms with Gasteiger partial charge in [0.05, 0.1) is 17.9 Å². The Bertz CT molecular complexity index is 1370. The van der Waals surface area contributed by atoms with Crippen molar-refractivity contribution in [3.8, 4) is 22.6 Å². The molecule has 0 spiro atoms. The van der Waals surface area contributed by atoms with Crippen molar-refractivity contribution < 1.29 is 18.9 Å². The zero-order valence-electron chi connectivity index (χ0n) is 22.6. The average Bonchev–Trinajstić information content (AvgIpc) is 3.25. The average molecular weight is 519 g/mol. The molecule has 0 atom stereocenters. The topological polar surface area (TPSA) is 36.9 Å². The van der Waals surface area contributed by atoms with Crippen LogP contribution in [0.2, 0.25) is 0 Å². The molecular formula is C35H34O4. The minimum absolute atomic E-state index is 0.458. The largest absolute Gasteiger partial charge is 0.498 e. The number of rotatable bonds is 12. The number of hydrogen-bond acceptors (Lipinski definition) is 4. The summed E-state index contributed by atoms with van der Waals surface area (Å²) < 4.78 is 22.4. The van der Waals surface area contributed by atoms with Crippen LogP contribution in [0.5, 0.6) is 11.5 Å². The maximum absolute atomic E-state index is 5.97. The third kappa shape index (κ3) is 4.79. The molecule has 0 bridgehead atoms. The van der Waals surface area contributed by atoms with E-state index in [9.17, 15) is 0 Å². The molecule has 0 heterocycles. The van der Waals surface area contributed by atoms with Crippen LogP contribution in [-0.4, -0.2) is 26.4 Å². The standard InChI is InChI=1S/C35H34O4/c1-5-36-19-21-38-27-15-17-31(25(3)23-27)35(32-18-16-28(24-26(32)4)39-22-20-37-6-2)33-13-9-7-11-29(33)30-12-8-10-14-34(30)35/h5-18,23-24H,1-2,19-22H2,3-4H3. The minimum atomic E-state index is -0.490. The fourth-order valence-corrected chi connectivity index (χ4v) is 5.84. The van der Waals surface area contributed by atoms with Gasteiger partial charge in [-0.15, -0.1) is 0 Å². The van der Waals surface area contributed by atoms with Crippen LogP contribution in [0.25, 0.3) is 11.1 Å². The summed E-state index contributed by atoms with van der Waals surface area (Å²) in [6, 6.07) is 30.3. The van der Waals surface area contributed by atoms with E-state index in [1.54, 1.807) is 0 Å². The van der Waals surface area contributed by atoms with Crippen LogP contribution in [0.1, 0.15) is 33.4 Å². The molecule has 198 valence electrons. The molecule has 0 saturated heterocycles. The van der Waals surface area contributed by atoms with E-state index in [0.717, 1.165) is 22.6 Å². The van der Waals surface area contributed by atoms with Crippen molar-refractivity contribution >= 4 is 0 Å². The normalized spacial score (nSPS) is 12.7. The van der Waals surface area contributed by atoms with Crippen LogP contribution in [0.15, 0.2) is 111 Å². The Balaban J connectivity index is 1.66. The van der Waals surface area contributed by atoms with E-state index in [1.807, 2.05) is 0 Å². The van der Waals surface area contributed by atoms with Gasteiger partial charge in [-0.05, 0) is 82.6 Å². The quantitative estimate of drug-likeness (QED) is 0.125. The van der Waals surface area contributed by atoms with Crippen molar-refractivity contribution in [1.82, 2.24) is 0 Å². The highest BCUT2D eigenvalue weighted by Gasteiger charge is 2.47. The van der Waals surface area contributed by atoms with Crippen molar-refractivity contribution in [2.24, 2.45) is 0 Å². The summed E-state index contributed by atoms with van der Waals surface area (Å²) in [7, 11) is 0. The molecule has 0 radical (unpaired) electrons. The molecule has 0 N–H and O–H groups in total. The van der Waals surface area contributed by atoms with E-state index >= 15 is 0 Å². The Morgan fingerprint density at radius 2 is 1.00 bits per heavy atom. The summed E-state index contributed by atoms with van der Waals surface area (Å²) in [6.07, 6.45) is 2.87. The Morgan fingerprint density at radius 3 is 1.41 bits per heavy atom. The molecule has 4 heteroatoms. The number of ether oxygens (including phenoxy) is 4. The lowest BCUT2D eigenvalue weighted by Gasteiger charge is -2.36. The minimum Gasteiger partial charge on any atom is -0.498 e. The molecule has 0 aromatic heterocycles. The lowest BCUT2D eigenvalue weighted by molar-refractivity contribution is 0.179. The van der Waals surface area contributed by atoms with E-state index in [1.165, 1.54) is 45.9 Å². The molecule has 0 aliphatic heterocycles. The summed E-state index contributed by atoms with van der Waals surface area (Å²) in [5, 5.41) is 0. The van der Waals surface area contributed by atoms with E-state index in [-0.39, 0.29) is 0 Å². The molecule has 0 fully saturated rings. The SMILES string of the molecule is C=COCCOc1ccc(C2(c3ccc(OCCOC=C)cc3C)c3ccccc3-c3ccccc32)c(C)c1. The zero-order valence-corrected chi connectivity index (χ0v) is 22.6. The van der Waals surface area contributed by atoms with Crippen molar-refractivity contribution in [3.05, 3.63) is 144 Å². The second kappa shape index (κ2) is 11.5. The summed E-state index contributed by atoms with van der Waals surface area (Å²) >= 11 is 0. The van der Waals surface area contributed by atoms with Crippen molar-refractivity contribution in [3.63, 3.8) is 0 Å². The van der Waals surface area contributed by atoms with E-state index < -0.39 is 5.41 Å². The maximum atomic E-state index is 5.97. The third-order valence-electron chi connectivity index (χ3n) is 7.33. The van der Waals surface area contributed by atoms with Crippen LogP contribution in [0.4, 0.5) is 0 Å². The molecule has 1 aliphatic rings. The maximum Gasteiger partial charge on any atom is 0.122 e. The third-order valence-corrected chi connectivity index (χ3v) is 7.33. The number of benzene rings is 4. The van der Waals surface area contributed by atoms with E-state index in [0.29, 0.717) is 26.4 Å². The van der Waals surface area contributed by atoms with E-state index in [4.69, 9.17) is 18.9 Å². The van der Waals surface area contributed by atoms with Crippen LogP contribution in [0, 0.1) is 13.8 Å². The van der Waals surface area contributed by atoms with Gasteiger partial charge in [0.2, 0.25) is 0 Å². The second-order valence-electron chi connectivity index (χ2n) is 9.57. The molecule has 39 heavy (non-hydrogen) atoms. The monoisotopic (exact) mass is 518 g/mol. The lowest BCUT2D eigenvalue weighted by Crippen LogP contribution is -2.30. The van der Waals surface area contributed by atoms with Gasteiger partial charge >= 0.3 is 0 Å². The van der Waals surface area contributed by atoms with Crippen LogP contribution >= 0.6 is 0 Å². The highest BCUT2D eigenvalue weighted by Crippen LogP contribution is 2.57. The first-order chi connectivity index (χ1) is 19.1. The molecular weight excluding hydrogens is 484 g/mol. The van der Waals surface area contributed by atoms with Crippen LogP contribution in [0.3, 0.4) is 0 Å². The summed E-state index contributed by atoms with van der Waals surface area (Å²) in [4.78, 5) is 0. The summed E-state index contributed by atoms with van der Waals surface area (Å²) in [5.74, 6) is 1.64. The van der Waals surface area contributed by atoms with Gasteiger partial charge in [0.25, 0.3) is 0 Å². The van der Waals surface area contributed by atoms with Gasteiger partial charge in [-0.25, -0.2) is 0 Å². The highest BCUT2D eigenvalue weighted by atomic mass is 16.5. The smallest absolute Gasteiger partial charge is 0.122 e. The van der Waals surface area contributed by atoms with Gasteiger partial charge in [-0.2, -0.15) is 0 Å². The Kier molecular flexibility index (Phi) is 7.74. The van der Waals surface area contributed by atoms with Gasteiger partial charge in [0.1, 0.15) is 37.9 Å². The lowest BCUT2D eigenvalue weighted by atomic mass is 9.65. The molecule has 0 saturated carbocycles. The molecule has 1 aliphatic carbocycles. The predicted molar refractivity (Wildman–Crippen MR) is 157 cm³/mol. The highest BCUT2D eigenvalue weighted by molar-refractivity contribution is 5.87. The molecule has 0 amide bonds. The molecule has 4 aromatic rings. The molecule has 4 aromatic carbocycles. The van der Waals surface area contributed by atoms with Gasteiger partial charge in [0.15, 0.2) is 0 Å². The van der Waals surface area contributed by atoms with Crippen LogP contribution < -0.4 is 9.47 Å². The Morgan fingerprint density at radius 1 is 0.564 bits per heavy atom.